The van der Waals surface area contributed by atoms with Crippen molar-refractivity contribution in [2.45, 2.75) is 20.8 Å². The summed E-state index contributed by atoms with van der Waals surface area (Å²) in [6.45, 7) is 9.56. The standard InChI is InChI=1S/C14H21N3OS2/c1-4-15-9-10-20-12(15)8-7-11-13(18)17(6-3)14(19)16(11)5-2/h7-8H,4-6,9-10H2,1-3H3/b11-7-,12-8+. The van der Waals surface area contributed by atoms with Gasteiger partial charge in [-0.1, -0.05) is 0 Å². The van der Waals surface area contributed by atoms with Crippen LogP contribution in [0, 0.1) is 0 Å². The average Bonchev–Trinajstić information content (AvgIpc) is 2.99. The van der Waals surface area contributed by atoms with Crippen LogP contribution in [0.4, 0.5) is 0 Å². The van der Waals surface area contributed by atoms with Crippen LogP contribution >= 0.6 is 24.0 Å². The summed E-state index contributed by atoms with van der Waals surface area (Å²) in [5, 5.41) is 1.86. The third-order valence-corrected chi connectivity index (χ3v) is 5.06. The summed E-state index contributed by atoms with van der Waals surface area (Å²) in [6.07, 6.45) is 3.98. The first-order chi connectivity index (χ1) is 9.63. The molecule has 0 saturated carbocycles. The number of rotatable bonds is 4. The van der Waals surface area contributed by atoms with Crippen molar-refractivity contribution in [2.24, 2.45) is 0 Å². The number of thioether (sulfide) groups is 1. The zero-order valence-corrected chi connectivity index (χ0v) is 13.9. The molecule has 110 valence electrons. The Labute approximate surface area is 130 Å². The Balaban J connectivity index is 2.26. The molecule has 2 aliphatic heterocycles. The molecular weight excluding hydrogens is 290 g/mol. The minimum absolute atomic E-state index is 0.0160. The highest BCUT2D eigenvalue weighted by atomic mass is 32.2. The highest BCUT2D eigenvalue weighted by Gasteiger charge is 2.35. The second-order valence-electron chi connectivity index (χ2n) is 4.56. The van der Waals surface area contributed by atoms with Crippen molar-refractivity contribution in [3.8, 4) is 0 Å². The number of nitrogens with zero attached hydrogens (tertiary/aromatic N) is 3. The van der Waals surface area contributed by atoms with Gasteiger partial charge in [-0.2, -0.15) is 0 Å². The van der Waals surface area contributed by atoms with Gasteiger partial charge in [-0.05, 0) is 45.1 Å². The molecule has 2 aliphatic rings. The second-order valence-corrected chi connectivity index (χ2v) is 6.04. The molecule has 2 heterocycles. The summed E-state index contributed by atoms with van der Waals surface area (Å²) in [4.78, 5) is 18.2. The van der Waals surface area contributed by atoms with E-state index in [1.165, 1.54) is 5.03 Å². The van der Waals surface area contributed by atoms with Crippen LogP contribution in [0.1, 0.15) is 20.8 Å². The van der Waals surface area contributed by atoms with E-state index in [4.69, 9.17) is 12.2 Å². The normalized spacial score (nSPS) is 23.9. The number of amides is 1. The summed E-state index contributed by atoms with van der Waals surface area (Å²) in [7, 11) is 0. The van der Waals surface area contributed by atoms with Crippen molar-refractivity contribution in [3.05, 3.63) is 22.9 Å². The number of allylic oxidation sites excluding steroid dienone is 2. The summed E-state index contributed by atoms with van der Waals surface area (Å²) in [6, 6.07) is 0. The molecule has 0 bridgehead atoms. The fraction of sp³-hybridized carbons (Fsp3) is 0.571. The van der Waals surface area contributed by atoms with Gasteiger partial charge in [0, 0.05) is 31.9 Å². The molecule has 0 atom stereocenters. The molecule has 20 heavy (non-hydrogen) atoms. The van der Waals surface area contributed by atoms with E-state index in [1.54, 1.807) is 4.90 Å². The van der Waals surface area contributed by atoms with Crippen molar-refractivity contribution < 1.29 is 4.79 Å². The molecule has 2 saturated heterocycles. The van der Waals surface area contributed by atoms with Crippen LogP contribution in [-0.2, 0) is 4.79 Å². The fourth-order valence-electron chi connectivity index (χ4n) is 2.41. The maximum atomic E-state index is 12.4. The highest BCUT2D eigenvalue weighted by Crippen LogP contribution is 2.28. The minimum Gasteiger partial charge on any atom is -0.366 e. The van der Waals surface area contributed by atoms with Crippen LogP contribution in [0.2, 0.25) is 0 Å². The van der Waals surface area contributed by atoms with Gasteiger partial charge in [0.2, 0.25) is 0 Å². The van der Waals surface area contributed by atoms with Crippen molar-refractivity contribution in [1.82, 2.24) is 14.7 Å². The summed E-state index contributed by atoms with van der Waals surface area (Å²) < 4.78 is 0. The predicted octanol–water partition coefficient (Wildman–Crippen LogP) is 2.25. The molecular formula is C14H21N3OS2. The number of thiocarbonyl (C=S) groups is 1. The van der Waals surface area contributed by atoms with Crippen molar-refractivity contribution in [1.29, 1.82) is 0 Å². The Morgan fingerprint density at radius 1 is 1.15 bits per heavy atom. The zero-order chi connectivity index (χ0) is 14.7. The van der Waals surface area contributed by atoms with E-state index in [1.807, 2.05) is 36.6 Å². The Bertz CT molecular complexity index is 473. The number of carbonyl (C=O) groups is 1. The maximum Gasteiger partial charge on any atom is 0.276 e. The van der Waals surface area contributed by atoms with Crippen molar-refractivity contribution >= 4 is 35.0 Å². The molecule has 4 nitrogen and oxygen atoms in total. The first-order valence-electron chi connectivity index (χ1n) is 7.07. The van der Waals surface area contributed by atoms with E-state index in [9.17, 15) is 4.79 Å². The van der Waals surface area contributed by atoms with Gasteiger partial charge in [0.1, 0.15) is 5.70 Å². The van der Waals surface area contributed by atoms with Gasteiger partial charge >= 0.3 is 0 Å². The number of hydrogen-bond donors (Lipinski definition) is 0. The molecule has 0 aromatic heterocycles. The lowest BCUT2D eigenvalue weighted by Gasteiger charge is -2.17. The van der Waals surface area contributed by atoms with Gasteiger partial charge in [0.05, 0.1) is 5.03 Å². The van der Waals surface area contributed by atoms with Gasteiger partial charge in [0.25, 0.3) is 5.91 Å². The maximum absolute atomic E-state index is 12.4. The monoisotopic (exact) mass is 311 g/mol. The molecule has 0 spiro atoms. The SMILES string of the molecule is CCN1C(=O)/C(=C/C=C2/SCCN2CC)N(CC)C1=S. The van der Waals surface area contributed by atoms with Crippen molar-refractivity contribution in [3.63, 3.8) is 0 Å². The van der Waals surface area contributed by atoms with E-state index in [2.05, 4.69) is 17.9 Å². The fourth-order valence-corrected chi connectivity index (χ4v) is 3.94. The Morgan fingerprint density at radius 3 is 2.45 bits per heavy atom. The van der Waals surface area contributed by atoms with Crippen LogP contribution in [0.3, 0.4) is 0 Å². The first kappa shape index (κ1) is 15.4. The average molecular weight is 311 g/mol. The summed E-state index contributed by atoms with van der Waals surface area (Å²) >= 11 is 7.21. The molecule has 0 aromatic rings. The molecule has 0 aromatic carbocycles. The molecule has 0 aliphatic carbocycles. The van der Waals surface area contributed by atoms with E-state index >= 15 is 0 Å². The summed E-state index contributed by atoms with van der Waals surface area (Å²) in [5.74, 6) is 1.13. The van der Waals surface area contributed by atoms with Gasteiger partial charge in [0.15, 0.2) is 5.11 Å². The van der Waals surface area contributed by atoms with Gasteiger partial charge in [-0.25, -0.2) is 0 Å². The predicted molar refractivity (Wildman–Crippen MR) is 88.2 cm³/mol. The quantitative estimate of drug-likeness (QED) is 0.586. The van der Waals surface area contributed by atoms with Crippen LogP contribution in [0.5, 0.6) is 0 Å². The molecule has 1 amide bonds. The largest absolute Gasteiger partial charge is 0.366 e. The molecule has 2 fully saturated rings. The van der Waals surface area contributed by atoms with E-state index < -0.39 is 0 Å². The molecule has 0 unspecified atom stereocenters. The second kappa shape index (κ2) is 6.63. The lowest BCUT2D eigenvalue weighted by molar-refractivity contribution is -0.122. The topological polar surface area (TPSA) is 26.8 Å². The molecule has 6 heteroatoms. The van der Waals surface area contributed by atoms with Crippen LogP contribution in [-0.4, -0.2) is 57.7 Å². The smallest absolute Gasteiger partial charge is 0.276 e. The number of hydrogen-bond acceptors (Lipinski definition) is 4. The van der Waals surface area contributed by atoms with Gasteiger partial charge in [-0.3, -0.25) is 9.69 Å². The lowest BCUT2D eigenvalue weighted by atomic mass is 10.3. The number of carbonyl (C=O) groups excluding carboxylic acids is 1. The zero-order valence-electron chi connectivity index (χ0n) is 12.3. The lowest BCUT2D eigenvalue weighted by Crippen LogP contribution is -2.32. The van der Waals surface area contributed by atoms with Crippen molar-refractivity contribution in [2.75, 3.05) is 31.9 Å². The Morgan fingerprint density at radius 2 is 1.85 bits per heavy atom. The third kappa shape index (κ3) is 2.72. The minimum atomic E-state index is 0.0160. The third-order valence-electron chi connectivity index (χ3n) is 3.54. The molecule has 2 rings (SSSR count). The summed E-state index contributed by atoms with van der Waals surface area (Å²) in [5.41, 5.74) is 0.690. The highest BCUT2D eigenvalue weighted by molar-refractivity contribution is 8.03. The van der Waals surface area contributed by atoms with Gasteiger partial charge in [-0.15, -0.1) is 11.8 Å². The van der Waals surface area contributed by atoms with E-state index in [0.717, 1.165) is 25.4 Å². The first-order valence-corrected chi connectivity index (χ1v) is 8.46. The van der Waals surface area contributed by atoms with Crippen LogP contribution in [0.15, 0.2) is 22.9 Å². The Kier molecular flexibility index (Phi) is 5.10. The van der Waals surface area contributed by atoms with Crippen LogP contribution in [0.25, 0.3) is 0 Å². The molecule has 0 radical (unpaired) electrons. The van der Waals surface area contributed by atoms with E-state index in [0.29, 0.717) is 17.4 Å². The van der Waals surface area contributed by atoms with Crippen LogP contribution < -0.4 is 0 Å². The molecule has 0 N–H and O–H groups in total. The Hall–Kier alpha value is -1.01. The van der Waals surface area contributed by atoms with E-state index in [-0.39, 0.29) is 5.91 Å². The van der Waals surface area contributed by atoms with Gasteiger partial charge < -0.3 is 9.80 Å². The number of likely N-dealkylation sites (N-methyl/N-ethyl adjacent to an activating group) is 2.